The Morgan fingerprint density at radius 2 is 1.91 bits per heavy atom. The number of likely N-dealkylation sites (tertiary alicyclic amines) is 1. The molecule has 5 rings (SSSR count). The number of fused-ring (bicyclic) bond motifs is 1. The second-order valence-corrected chi connectivity index (χ2v) is 9.81. The van der Waals surface area contributed by atoms with Crippen LogP contribution in [0.2, 0.25) is 0 Å². The zero-order chi connectivity index (χ0) is 24.7. The zero-order valence-corrected chi connectivity index (χ0v) is 20.2. The highest BCUT2D eigenvalue weighted by Gasteiger charge is 2.35. The van der Waals surface area contributed by atoms with Crippen molar-refractivity contribution in [3.8, 4) is 0 Å². The molecule has 5 nitrogen and oxygen atoms in total. The summed E-state index contributed by atoms with van der Waals surface area (Å²) in [5, 5.41) is 3.35. The fraction of sp³-hybridized carbons (Fsp3) is 0.429. The van der Waals surface area contributed by atoms with E-state index in [0.29, 0.717) is 28.8 Å². The molecule has 2 heterocycles. The number of amides is 1. The normalized spacial score (nSPS) is 19.3. The molecule has 2 aliphatic rings. The van der Waals surface area contributed by atoms with Crippen molar-refractivity contribution >= 4 is 16.7 Å². The monoisotopic (exact) mass is 479 g/mol. The number of rotatable bonds is 7. The van der Waals surface area contributed by atoms with Crippen molar-refractivity contribution in [2.45, 2.75) is 58.2 Å². The first-order valence-electron chi connectivity index (χ1n) is 12.5. The van der Waals surface area contributed by atoms with Gasteiger partial charge in [0.2, 0.25) is 0 Å². The van der Waals surface area contributed by atoms with E-state index in [9.17, 15) is 18.4 Å². The van der Waals surface area contributed by atoms with Crippen LogP contribution in [0, 0.1) is 24.5 Å². The van der Waals surface area contributed by atoms with Gasteiger partial charge in [-0.1, -0.05) is 31.2 Å². The predicted molar refractivity (Wildman–Crippen MR) is 133 cm³/mol. The third-order valence-corrected chi connectivity index (χ3v) is 7.62. The second-order valence-electron chi connectivity index (χ2n) is 9.81. The van der Waals surface area contributed by atoms with Gasteiger partial charge < -0.3 is 9.88 Å². The fourth-order valence-electron chi connectivity index (χ4n) is 5.62. The van der Waals surface area contributed by atoms with Crippen LogP contribution < -0.4 is 10.9 Å². The number of likely N-dealkylation sites (N-methyl/N-ethyl adjacent to an activating group) is 1. The lowest BCUT2D eigenvalue weighted by molar-refractivity contribution is 0.0931. The summed E-state index contributed by atoms with van der Waals surface area (Å²) in [6, 6.07) is 10.5. The van der Waals surface area contributed by atoms with E-state index >= 15 is 0 Å². The van der Waals surface area contributed by atoms with E-state index in [1.165, 1.54) is 24.3 Å². The molecule has 0 radical (unpaired) electrons. The summed E-state index contributed by atoms with van der Waals surface area (Å²) >= 11 is 0. The summed E-state index contributed by atoms with van der Waals surface area (Å²) in [5.74, 6) is -1.12. The van der Waals surface area contributed by atoms with Crippen LogP contribution in [0.4, 0.5) is 8.78 Å². The van der Waals surface area contributed by atoms with Crippen molar-refractivity contribution in [3.05, 3.63) is 81.3 Å². The molecule has 184 valence electrons. The van der Waals surface area contributed by atoms with Crippen LogP contribution in [-0.4, -0.2) is 34.5 Å². The average molecular weight is 480 g/mol. The van der Waals surface area contributed by atoms with Crippen LogP contribution in [0.25, 0.3) is 10.8 Å². The van der Waals surface area contributed by atoms with Gasteiger partial charge in [0.25, 0.3) is 11.5 Å². The van der Waals surface area contributed by atoms with E-state index in [-0.39, 0.29) is 35.1 Å². The Balaban J connectivity index is 1.59. The summed E-state index contributed by atoms with van der Waals surface area (Å²) in [6.07, 6.45) is 3.91. The SMILES string of the molecule is CCN1CCC[C@@H]1Cn1c(C)c(C(=O)N[C@H](c2cccc(F)c2)C2CC2)c2cccc(F)c2c1=O. The Bertz CT molecular complexity index is 1330. The molecule has 1 aliphatic carbocycles. The van der Waals surface area contributed by atoms with E-state index in [1.54, 1.807) is 23.6 Å². The fourth-order valence-corrected chi connectivity index (χ4v) is 5.62. The topological polar surface area (TPSA) is 54.3 Å². The third-order valence-electron chi connectivity index (χ3n) is 7.62. The molecule has 0 bridgehead atoms. The molecule has 0 spiro atoms. The Hall–Kier alpha value is -3.06. The molecule has 3 aromatic rings. The number of aromatic nitrogens is 1. The minimum absolute atomic E-state index is 0.0574. The lowest BCUT2D eigenvalue weighted by Gasteiger charge is -2.26. The number of halogens is 2. The van der Waals surface area contributed by atoms with Crippen molar-refractivity contribution in [3.63, 3.8) is 0 Å². The van der Waals surface area contributed by atoms with Crippen molar-refractivity contribution in [2.75, 3.05) is 13.1 Å². The molecule has 2 fully saturated rings. The number of nitrogens with one attached hydrogen (secondary N) is 1. The summed E-state index contributed by atoms with van der Waals surface area (Å²) in [6.45, 7) is 6.13. The summed E-state index contributed by atoms with van der Waals surface area (Å²) in [7, 11) is 0. The molecule has 1 saturated heterocycles. The predicted octanol–water partition coefficient (Wildman–Crippen LogP) is 4.95. The number of pyridine rings is 1. The minimum atomic E-state index is -0.627. The maximum absolute atomic E-state index is 15.0. The number of carbonyl (C=O) groups is 1. The third kappa shape index (κ3) is 4.49. The minimum Gasteiger partial charge on any atom is -0.345 e. The molecule has 0 unspecified atom stereocenters. The molecule has 1 aromatic heterocycles. The van der Waals surface area contributed by atoms with Gasteiger partial charge in [0.05, 0.1) is 17.0 Å². The van der Waals surface area contributed by atoms with Crippen LogP contribution in [0.1, 0.15) is 60.3 Å². The number of hydrogen-bond acceptors (Lipinski definition) is 3. The van der Waals surface area contributed by atoms with E-state index in [1.807, 2.05) is 6.07 Å². The Morgan fingerprint density at radius 1 is 1.14 bits per heavy atom. The van der Waals surface area contributed by atoms with Gasteiger partial charge >= 0.3 is 0 Å². The van der Waals surface area contributed by atoms with E-state index in [0.717, 1.165) is 38.8 Å². The Kier molecular flexibility index (Phi) is 6.45. The molecular formula is C28H31F2N3O2. The molecule has 35 heavy (non-hydrogen) atoms. The first-order chi connectivity index (χ1) is 16.9. The van der Waals surface area contributed by atoms with Crippen LogP contribution in [-0.2, 0) is 6.54 Å². The first-order valence-corrected chi connectivity index (χ1v) is 12.5. The van der Waals surface area contributed by atoms with E-state index in [4.69, 9.17) is 0 Å². The largest absolute Gasteiger partial charge is 0.345 e. The summed E-state index contributed by atoms with van der Waals surface area (Å²) < 4.78 is 30.5. The highest BCUT2D eigenvalue weighted by atomic mass is 19.1. The van der Waals surface area contributed by atoms with Crippen molar-refractivity contribution in [1.82, 2.24) is 14.8 Å². The molecule has 1 aliphatic heterocycles. The van der Waals surface area contributed by atoms with Gasteiger partial charge in [-0.3, -0.25) is 14.5 Å². The lowest BCUT2D eigenvalue weighted by Crippen LogP contribution is -2.38. The molecule has 1 saturated carbocycles. The Morgan fingerprint density at radius 3 is 2.63 bits per heavy atom. The van der Waals surface area contributed by atoms with Crippen LogP contribution in [0.5, 0.6) is 0 Å². The zero-order valence-electron chi connectivity index (χ0n) is 20.2. The van der Waals surface area contributed by atoms with Gasteiger partial charge in [-0.15, -0.1) is 0 Å². The molecule has 1 amide bonds. The maximum Gasteiger partial charge on any atom is 0.261 e. The quantitative estimate of drug-likeness (QED) is 0.522. The molecule has 2 atom stereocenters. The van der Waals surface area contributed by atoms with Crippen molar-refractivity contribution in [1.29, 1.82) is 0 Å². The van der Waals surface area contributed by atoms with Gasteiger partial charge in [-0.2, -0.15) is 0 Å². The maximum atomic E-state index is 15.0. The number of carbonyl (C=O) groups excluding carboxylic acids is 1. The second kappa shape index (κ2) is 9.53. The number of hydrogen-bond donors (Lipinski definition) is 1. The van der Waals surface area contributed by atoms with Crippen LogP contribution in [0.3, 0.4) is 0 Å². The van der Waals surface area contributed by atoms with Gasteiger partial charge in [0.15, 0.2) is 0 Å². The van der Waals surface area contributed by atoms with Gasteiger partial charge in [0.1, 0.15) is 11.6 Å². The van der Waals surface area contributed by atoms with Crippen LogP contribution in [0.15, 0.2) is 47.3 Å². The molecular weight excluding hydrogens is 448 g/mol. The van der Waals surface area contributed by atoms with E-state index < -0.39 is 11.4 Å². The summed E-state index contributed by atoms with van der Waals surface area (Å²) in [4.78, 5) is 29.5. The van der Waals surface area contributed by atoms with Gasteiger partial charge in [-0.05, 0) is 75.4 Å². The van der Waals surface area contributed by atoms with E-state index in [2.05, 4.69) is 17.1 Å². The number of benzene rings is 2. The first kappa shape index (κ1) is 23.7. The highest BCUT2D eigenvalue weighted by Crippen LogP contribution is 2.41. The smallest absolute Gasteiger partial charge is 0.261 e. The molecule has 2 aromatic carbocycles. The summed E-state index contributed by atoms with van der Waals surface area (Å²) in [5.41, 5.74) is 1.15. The van der Waals surface area contributed by atoms with Gasteiger partial charge in [-0.25, -0.2) is 8.78 Å². The molecule has 7 heteroatoms. The number of nitrogens with zero attached hydrogens (tertiary/aromatic N) is 2. The molecule has 1 N–H and O–H groups in total. The Labute approximate surface area is 203 Å². The van der Waals surface area contributed by atoms with Crippen molar-refractivity contribution in [2.24, 2.45) is 5.92 Å². The van der Waals surface area contributed by atoms with Crippen molar-refractivity contribution < 1.29 is 13.6 Å². The average Bonchev–Trinajstić information content (AvgIpc) is 3.57. The van der Waals surface area contributed by atoms with Crippen LogP contribution >= 0.6 is 0 Å². The van der Waals surface area contributed by atoms with Gasteiger partial charge in [0, 0.05) is 23.7 Å². The lowest BCUT2D eigenvalue weighted by atomic mass is 9.99. The highest BCUT2D eigenvalue weighted by molar-refractivity contribution is 6.08. The standard InChI is InChI=1S/C28H31F2N3O2/c1-3-32-14-6-9-21(32)16-33-17(2)24(22-10-5-11-23(30)25(22)28(33)35)27(34)31-26(18-12-13-18)19-7-4-8-20(29)15-19/h4-5,7-8,10-11,15,18,21,26H,3,6,9,12-14,16H2,1-2H3,(H,31,34)/t21-,26+/m1/s1.